The number of nitrogens with one attached hydrogen (secondary N) is 1. The van der Waals surface area contributed by atoms with Gasteiger partial charge in [-0.25, -0.2) is 0 Å². The lowest BCUT2D eigenvalue weighted by molar-refractivity contribution is -0.116. The molecule has 1 aromatic carbocycles. The first-order valence-corrected chi connectivity index (χ1v) is 13.7. The van der Waals surface area contributed by atoms with Crippen molar-refractivity contribution in [1.82, 2.24) is 10.2 Å². The predicted octanol–water partition coefficient (Wildman–Crippen LogP) is 8.33. The Labute approximate surface area is 199 Å². The molecule has 32 heavy (non-hydrogen) atoms. The van der Waals surface area contributed by atoms with E-state index in [-0.39, 0.29) is 5.91 Å². The van der Waals surface area contributed by atoms with Gasteiger partial charge < -0.3 is 5.32 Å². The molecule has 0 aliphatic rings. The molecule has 0 bridgehead atoms. The van der Waals surface area contributed by atoms with E-state index in [0.29, 0.717) is 6.42 Å². The number of hydrogen-bond acceptors (Lipinski definition) is 4. The first kappa shape index (κ1) is 26.4. The summed E-state index contributed by atoms with van der Waals surface area (Å²) in [6.07, 6.45) is 27.2. The fraction of sp³-hybridized carbons (Fsp3) is 0.593. The second-order valence-corrected chi connectivity index (χ2v) is 9.37. The van der Waals surface area contributed by atoms with Crippen molar-refractivity contribution in [2.75, 3.05) is 11.6 Å². The number of allylic oxidation sites excluding steroid dienone is 2. The highest BCUT2D eigenvalue weighted by Gasteiger charge is 2.11. The number of hydrogen-bond donors (Lipinski definition) is 1. The van der Waals surface area contributed by atoms with Crippen LogP contribution in [0.25, 0.3) is 10.8 Å². The lowest BCUT2D eigenvalue weighted by Crippen LogP contribution is -2.12. The van der Waals surface area contributed by atoms with Crippen molar-refractivity contribution < 1.29 is 4.79 Å². The molecule has 1 heterocycles. The largest absolute Gasteiger partial charge is 0.325 e. The number of rotatable bonds is 17. The molecule has 0 radical (unpaired) electrons. The van der Waals surface area contributed by atoms with Crippen molar-refractivity contribution in [2.24, 2.45) is 0 Å². The van der Waals surface area contributed by atoms with E-state index in [2.05, 4.69) is 34.6 Å². The Morgan fingerprint density at radius 1 is 0.875 bits per heavy atom. The standard InChI is InChI=1S/C27H41N3OS/c1-3-4-5-6-7-8-9-10-11-12-13-14-15-16-17-18-26(31)30-27-24-22-29-28-21-23(24)19-20-25(27)32-2/h10-11,19-22H,3-9,12-18H2,1-2H3,(H,30,31)/b11-10-. The van der Waals surface area contributed by atoms with Crippen LogP contribution >= 0.6 is 11.8 Å². The summed E-state index contributed by atoms with van der Waals surface area (Å²) in [5, 5.41) is 13.0. The Balaban J connectivity index is 1.54. The van der Waals surface area contributed by atoms with E-state index in [4.69, 9.17) is 0 Å². The van der Waals surface area contributed by atoms with Gasteiger partial charge in [-0.3, -0.25) is 4.79 Å². The fourth-order valence-corrected chi connectivity index (χ4v) is 4.48. The Hall–Kier alpha value is -1.88. The van der Waals surface area contributed by atoms with Gasteiger partial charge in [0.05, 0.1) is 18.1 Å². The number of benzene rings is 1. The summed E-state index contributed by atoms with van der Waals surface area (Å²) in [6.45, 7) is 2.27. The molecule has 0 aliphatic carbocycles. The van der Waals surface area contributed by atoms with E-state index < -0.39 is 0 Å². The second kappa shape index (κ2) is 16.7. The van der Waals surface area contributed by atoms with Crippen LogP contribution in [0.4, 0.5) is 5.69 Å². The molecule has 1 N–H and O–H groups in total. The van der Waals surface area contributed by atoms with Crippen molar-refractivity contribution in [1.29, 1.82) is 0 Å². The van der Waals surface area contributed by atoms with Crippen LogP contribution in [0.1, 0.15) is 96.8 Å². The number of thioether (sulfide) groups is 1. The van der Waals surface area contributed by atoms with E-state index in [9.17, 15) is 4.79 Å². The van der Waals surface area contributed by atoms with Gasteiger partial charge in [0.1, 0.15) is 0 Å². The number of fused-ring (bicyclic) bond motifs is 1. The molecule has 2 aromatic rings. The zero-order valence-corrected chi connectivity index (χ0v) is 20.9. The third-order valence-corrected chi connectivity index (χ3v) is 6.62. The van der Waals surface area contributed by atoms with Crippen LogP contribution in [0.2, 0.25) is 0 Å². The van der Waals surface area contributed by atoms with Crippen LogP contribution in [0.3, 0.4) is 0 Å². The molecule has 0 atom stereocenters. The molecule has 4 nitrogen and oxygen atoms in total. The molecule has 2 rings (SSSR count). The van der Waals surface area contributed by atoms with E-state index in [1.165, 1.54) is 70.6 Å². The van der Waals surface area contributed by atoms with Crippen molar-refractivity contribution in [3.63, 3.8) is 0 Å². The molecule has 1 aromatic heterocycles. The molecule has 0 saturated heterocycles. The van der Waals surface area contributed by atoms with Gasteiger partial charge in [-0.2, -0.15) is 10.2 Å². The number of aromatic nitrogens is 2. The van der Waals surface area contributed by atoms with Crippen LogP contribution in [0.5, 0.6) is 0 Å². The molecule has 1 amide bonds. The van der Waals surface area contributed by atoms with Gasteiger partial charge in [-0.1, -0.05) is 76.5 Å². The number of amides is 1. The maximum absolute atomic E-state index is 12.5. The minimum Gasteiger partial charge on any atom is -0.325 e. The van der Waals surface area contributed by atoms with Gasteiger partial charge >= 0.3 is 0 Å². The molecule has 176 valence electrons. The van der Waals surface area contributed by atoms with Gasteiger partial charge in [-0.05, 0) is 44.4 Å². The van der Waals surface area contributed by atoms with Crippen molar-refractivity contribution in [2.45, 2.75) is 102 Å². The third-order valence-electron chi connectivity index (χ3n) is 5.84. The summed E-state index contributed by atoms with van der Waals surface area (Å²) in [7, 11) is 0. The number of unbranched alkanes of at least 4 members (excludes halogenated alkanes) is 11. The summed E-state index contributed by atoms with van der Waals surface area (Å²) in [6, 6.07) is 4.06. The van der Waals surface area contributed by atoms with E-state index in [1.807, 2.05) is 18.4 Å². The Bertz CT molecular complexity index is 822. The van der Waals surface area contributed by atoms with Gasteiger partial charge in [-0.15, -0.1) is 11.8 Å². The van der Waals surface area contributed by atoms with E-state index in [0.717, 1.165) is 34.2 Å². The summed E-state index contributed by atoms with van der Waals surface area (Å²) in [5.41, 5.74) is 0.864. The lowest BCUT2D eigenvalue weighted by atomic mass is 10.1. The maximum atomic E-state index is 12.5. The molecule has 0 spiro atoms. The zero-order chi connectivity index (χ0) is 22.9. The minimum atomic E-state index is 0.0854. The number of carbonyl (C=O) groups is 1. The van der Waals surface area contributed by atoms with E-state index in [1.54, 1.807) is 24.2 Å². The molecule has 0 saturated carbocycles. The summed E-state index contributed by atoms with van der Waals surface area (Å²) in [5.74, 6) is 0.0854. The quantitative estimate of drug-likeness (QED) is 0.148. The van der Waals surface area contributed by atoms with Crippen LogP contribution in [0.15, 0.2) is 41.6 Å². The number of anilines is 1. The second-order valence-electron chi connectivity index (χ2n) is 8.52. The Morgan fingerprint density at radius 3 is 2.19 bits per heavy atom. The SMILES string of the molecule is CCCCCCCC/C=C\CCCCCCCC(=O)Nc1c(SC)ccc2cnncc12. The molecule has 0 aliphatic heterocycles. The van der Waals surface area contributed by atoms with Crippen LogP contribution in [0, 0.1) is 0 Å². The van der Waals surface area contributed by atoms with Gasteiger partial charge in [0, 0.05) is 22.1 Å². The number of nitrogens with zero attached hydrogens (tertiary/aromatic N) is 2. The van der Waals surface area contributed by atoms with Gasteiger partial charge in [0.25, 0.3) is 0 Å². The smallest absolute Gasteiger partial charge is 0.224 e. The predicted molar refractivity (Wildman–Crippen MR) is 139 cm³/mol. The fourth-order valence-electron chi connectivity index (χ4n) is 3.91. The van der Waals surface area contributed by atoms with Gasteiger partial charge in [0.15, 0.2) is 0 Å². The first-order valence-electron chi connectivity index (χ1n) is 12.5. The highest BCUT2D eigenvalue weighted by molar-refractivity contribution is 7.98. The maximum Gasteiger partial charge on any atom is 0.224 e. The summed E-state index contributed by atoms with van der Waals surface area (Å²) >= 11 is 1.63. The van der Waals surface area contributed by atoms with Gasteiger partial charge in [0.2, 0.25) is 5.91 Å². The van der Waals surface area contributed by atoms with E-state index >= 15 is 0 Å². The van der Waals surface area contributed by atoms with Crippen molar-refractivity contribution in [3.05, 3.63) is 36.7 Å². The molecular formula is C27H41N3OS. The third kappa shape index (κ3) is 10.2. The van der Waals surface area contributed by atoms with Crippen LogP contribution in [-0.2, 0) is 4.79 Å². The molecule has 5 heteroatoms. The van der Waals surface area contributed by atoms with Crippen molar-refractivity contribution in [3.8, 4) is 0 Å². The summed E-state index contributed by atoms with van der Waals surface area (Å²) in [4.78, 5) is 13.6. The highest BCUT2D eigenvalue weighted by atomic mass is 32.2. The van der Waals surface area contributed by atoms with Crippen LogP contribution in [-0.4, -0.2) is 22.4 Å². The molecule has 0 fully saturated rings. The Kier molecular flexibility index (Phi) is 13.8. The topological polar surface area (TPSA) is 54.9 Å². The number of carbonyl (C=O) groups excluding carboxylic acids is 1. The average molecular weight is 456 g/mol. The molecular weight excluding hydrogens is 414 g/mol. The van der Waals surface area contributed by atoms with Crippen molar-refractivity contribution >= 4 is 34.1 Å². The minimum absolute atomic E-state index is 0.0854. The lowest BCUT2D eigenvalue weighted by Gasteiger charge is -2.12. The normalized spacial score (nSPS) is 11.4. The zero-order valence-electron chi connectivity index (χ0n) is 20.1. The van der Waals surface area contributed by atoms with Crippen LogP contribution < -0.4 is 5.32 Å². The Morgan fingerprint density at radius 2 is 1.50 bits per heavy atom. The highest BCUT2D eigenvalue weighted by Crippen LogP contribution is 2.32. The summed E-state index contributed by atoms with van der Waals surface area (Å²) < 4.78 is 0. The molecule has 0 unspecified atom stereocenters. The monoisotopic (exact) mass is 455 g/mol. The average Bonchev–Trinajstić information content (AvgIpc) is 2.81. The first-order chi connectivity index (χ1) is 15.8.